The third-order valence-electron chi connectivity index (χ3n) is 14.3. The van der Waals surface area contributed by atoms with Gasteiger partial charge in [-0.15, -0.1) is 5.54 Å². The zero-order valence-electron chi connectivity index (χ0n) is 39.1. The van der Waals surface area contributed by atoms with Crippen LogP contribution in [0.2, 0.25) is 16.6 Å². The smallest absolute Gasteiger partial charge is 0.410 e. The Labute approximate surface area is 377 Å². The van der Waals surface area contributed by atoms with Gasteiger partial charge in [0, 0.05) is 61.1 Å². The van der Waals surface area contributed by atoms with Crippen molar-refractivity contribution in [1.82, 2.24) is 19.8 Å². The molecule has 1 aromatic heterocycles. The van der Waals surface area contributed by atoms with Crippen LogP contribution >= 0.6 is 0 Å². The lowest BCUT2D eigenvalue weighted by Gasteiger charge is -2.51. The highest BCUT2D eigenvalue weighted by Gasteiger charge is 2.50. The molecule has 0 saturated carbocycles. The second-order valence-corrected chi connectivity index (χ2v) is 26.0. The Morgan fingerprint density at radius 1 is 0.969 bits per heavy atom. The van der Waals surface area contributed by atoms with Crippen LogP contribution in [0.3, 0.4) is 0 Å². The average molecular weight is 900 g/mol. The van der Waals surface area contributed by atoms with Gasteiger partial charge in [-0.05, 0) is 99.3 Å². The van der Waals surface area contributed by atoms with Crippen molar-refractivity contribution in [3.63, 3.8) is 0 Å². The van der Waals surface area contributed by atoms with Crippen molar-refractivity contribution >= 4 is 41.7 Å². The Kier molecular flexibility index (Phi) is 12.7. The molecule has 344 valence electrons. The lowest BCUT2D eigenvalue weighted by Crippen LogP contribution is -2.64. The van der Waals surface area contributed by atoms with Crippen molar-refractivity contribution in [2.24, 2.45) is 0 Å². The number of rotatable bonds is 11. The number of hydrogen-bond donors (Lipinski definition) is 0. The molecule has 0 N–H and O–H groups in total. The van der Waals surface area contributed by atoms with E-state index in [0.29, 0.717) is 70.6 Å². The average Bonchev–Trinajstić information content (AvgIpc) is 3.77. The maximum absolute atomic E-state index is 18.0. The third-order valence-corrected chi connectivity index (χ3v) is 20.6. The van der Waals surface area contributed by atoms with Crippen LogP contribution in [-0.2, 0) is 9.47 Å². The number of piperazine rings is 1. The molecule has 0 radical (unpaired) electrons. The molecule has 6 heterocycles. The summed E-state index contributed by atoms with van der Waals surface area (Å²) in [6.45, 7) is 21.0. The normalized spacial score (nSPS) is 22.5. The number of nitrogens with zero attached hydrogens (tertiary/aromatic N) is 5. The van der Waals surface area contributed by atoms with Crippen LogP contribution in [-0.4, -0.2) is 110 Å². The van der Waals surface area contributed by atoms with E-state index in [1.807, 2.05) is 49.9 Å². The van der Waals surface area contributed by atoms with Crippen LogP contribution in [0.15, 0.2) is 36.4 Å². The van der Waals surface area contributed by atoms with Crippen LogP contribution in [0.4, 0.5) is 23.8 Å². The Balaban J connectivity index is 1.30. The number of fused-ring (bicyclic) bond motifs is 6. The summed E-state index contributed by atoms with van der Waals surface area (Å²) in [5, 5.41) is 1.49. The molecule has 0 aliphatic carbocycles. The molecule has 5 fully saturated rings. The van der Waals surface area contributed by atoms with Gasteiger partial charge in [0.05, 0.1) is 17.1 Å². The first-order valence-corrected chi connectivity index (χ1v) is 25.3. The molecule has 4 atom stereocenters. The standard InChI is InChI=1S/C50H64F3N5O5Si/c1-30(2)64(31(3)4,32(5)6)20-17-33-13-11-14-34-21-38(62-29-60-10)22-39(42(33)34)43-41(52)23-40-45(44(43)53)54-47(61-28-50-18-12-19-56(50)25-35(51)24-50)55-46(40)57-26-37-16-15-36(57)27-58(37)48(59)63-49(7,8)9/h11,13-14,21-23,30-32,35-37H,12,15-16,18-19,24-29H2,1-10H3/t35-,36+,37+,50+/m1/s1. The number of amides is 1. The number of benzene rings is 3. The highest BCUT2D eigenvalue weighted by atomic mass is 28.3. The number of aromatic nitrogens is 2. The summed E-state index contributed by atoms with van der Waals surface area (Å²) in [5.74, 6) is 2.58. The zero-order valence-corrected chi connectivity index (χ0v) is 40.1. The predicted molar refractivity (Wildman–Crippen MR) is 248 cm³/mol. The van der Waals surface area contributed by atoms with Crippen molar-refractivity contribution in [2.45, 2.75) is 140 Å². The molecule has 0 spiro atoms. The Morgan fingerprint density at radius 3 is 2.38 bits per heavy atom. The van der Waals surface area contributed by atoms with Crippen molar-refractivity contribution in [1.29, 1.82) is 0 Å². The van der Waals surface area contributed by atoms with Crippen LogP contribution in [0.25, 0.3) is 32.8 Å². The fourth-order valence-corrected chi connectivity index (χ4v) is 16.7. The zero-order chi connectivity index (χ0) is 45.9. The van der Waals surface area contributed by atoms with E-state index in [4.69, 9.17) is 28.9 Å². The first-order chi connectivity index (χ1) is 30.4. The highest BCUT2D eigenvalue weighted by Crippen LogP contribution is 2.45. The van der Waals surface area contributed by atoms with E-state index in [2.05, 4.69) is 57.9 Å². The summed E-state index contributed by atoms with van der Waals surface area (Å²) in [6.07, 6.45) is 2.16. The van der Waals surface area contributed by atoms with Gasteiger partial charge in [0.15, 0.2) is 12.6 Å². The molecule has 9 rings (SSSR count). The molecule has 5 saturated heterocycles. The molecule has 2 bridgehead atoms. The maximum Gasteiger partial charge on any atom is 0.410 e. The molecule has 64 heavy (non-hydrogen) atoms. The molecule has 14 heteroatoms. The second-order valence-electron chi connectivity index (χ2n) is 20.4. The van der Waals surface area contributed by atoms with Crippen molar-refractivity contribution in [3.05, 3.63) is 53.6 Å². The van der Waals surface area contributed by atoms with Gasteiger partial charge in [-0.25, -0.2) is 18.0 Å². The van der Waals surface area contributed by atoms with E-state index in [9.17, 15) is 9.18 Å². The van der Waals surface area contributed by atoms with Gasteiger partial charge in [0.25, 0.3) is 0 Å². The molecular weight excluding hydrogens is 836 g/mol. The van der Waals surface area contributed by atoms with Crippen molar-refractivity contribution in [3.8, 4) is 34.4 Å². The molecule has 4 aromatic rings. The lowest BCUT2D eigenvalue weighted by molar-refractivity contribution is 0.000786. The summed E-state index contributed by atoms with van der Waals surface area (Å²) >= 11 is 0. The van der Waals surface area contributed by atoms with E-state index in [1.54, 1.807) is 11.0 Å². The van der Waals surface area contributed by atoms with Gasteiger partial charge < -0.3 is 28.7 Å². The number of carbonyl (C=O) groups is 1. The monoisotopic (exact) mass is 899 g/mol. The minimum Gasteiger partial charge on any atom is -0.468 e. The van der Waals surface area contributed by atoms with Crippen LogP contribution in [0, 0.1) is 23.1 Å². The third kappa shape index (κ3) is 8.41. The summed E-state index contributed by atoms with van der Waals surface area (Å²) in [7, 11) is -0.693. The first kappa shape index (κ1) is 46.0. The lowest BCUT2D eigenvalue weighted by atomic mass is 9.90. The number of piperidine rings is 2. The van der Waals surface area contributed by atoms with E-state index in [1.165, 1.54) is 13.2 Å². The van der Waals surface area contributed by atoms with Crippen LogP contribution < -0.4 is 14.4 Å². The van der Waals surface area contributed by atoms with Gasteiger partial charge in [-0.3, -0.25) is 4.90 Å². The quantitative estimate of drug-likeness (QED) is 0.0829. The Bertz CT molecular complexity index is 2460. The minimum atomic E-state index is -2.21. The maximum atomic E-state index is 18.0. The number of methoxy groups -OCH3 is 1. The molecule has 3 aromatic carbocycles. The van der Waals surface area contributed by atoms with Crippen LogP contribution in [0.1, 0.15) is 100.0 Å². The minimum absolute atomic E-state index is 0.0683. The summed E-state index contributed by atoms with van der Waals surface area (Å²) in [6, 6.07) is 10.0. The number of anilines is 1. The number of halogens is 3. The summed E-state index contributed by atoms with van der Waals surface area (Å²) in [4.78, 5) is 28.9. The van der Waals surface area contributed by atoms with E-state index in [0.717, 1.165) is 32.2 Å². The second kappa shape index (κ2) is 17.7. The highest BCUT2D eigenvalue weighted by molar-refractivity contribution is 6.90. The van der Waals surface area contributed by atoms with Gasteiger partial charge in [0.1, 0.15) is 49.4 Å². The number of ether oxygens (including phenoxy) is 4. The van der Waals surface area contributed by atoms with E-state index >= 15 is 8.78 Å². The summed E-state index contributed by atoms with van der Waals surface area (Å²) < 4.78 is 73.6. The molecular formula is C50H64F3N5O5Si. The number of hydrogen-bond acceptors (Lipinski definition) is 9. The molecule has 5 aliphatic heterocycles. The Hall–Kier alpha value is -4.58. The molecule has 10 nitrogen and oxygen atoms in total. The SMILES string of the molecule is COCOc1cc(-c2c(F)cc3c(N4C[C@@H]5CC[C@H]4CN5C(=O)OC(C)(C)C)nc(OC[C@@]45CCCN4C[C@H](F)C5)nc3c2F)c2c(C#C[Si](C(C)C)(C(C)C)C(C)C)cccc2c1. The topological polar surface area (TPSA) is 89.5 Å². The van der Waals surface area contributed by atoms with Crippen molar-refractivity contribution in [2.75, 3.05) is 51.6 Å². The van der Waals surface area contributed by atoms with Gasteiger partial charge in [-0.2, -0.15) is 9.97 Å². The largest absolute Gasteiger partial charge is 0.468 e. The van der Waals surface area contributed by atoms with E-state index < -0.39 is 37.0 Å². The van der Waals surface area contributed by atoms with Crippen molar-refractivity contribution < 1.29 is 36.9 Å². The van der Waals surface area contributed by atoms with Gasteiger partial charge in [-0.1, -0.05) is 59.6 Å². The fourth-order valence-electron chi connectivity index (χ4n) is 11.5. The number of alkyl halides is 1. The van der Waals surface area contributed by atoms with Gasteiger partial charge in [0.2, 0.25) is 0 Å². The summed E-state index contributed by atoms with van der Waals surface area (Å²) in [5.41, 5.74) is 4.32. The molecule has 1 amide bonds. The van der Waals surface area contributed by atoms with Gasteiger partial charge >= 0.3 is 12.1 Å². The fraction of sp³-hybridized carbons (Fsp3) is 0.580. The first-order valence-electron chi connectivity index (χ1n) is 23.1. The molecule has 5 aliphatic rings. The van der Waals surface area contributed by atoms with Crippen LogP contribution in [0.5, 0.6) is 11.8 Å². The van der Waals surface area contributed by atoms with E-state index in [-0.39, 0.29) is 59.6 Å². The predicted octanol–water partition coefficient (Wildman–Crippen LogP) is 10.8. The Morgan fingerprint density at radius 2 is 1.70 bits per heavy atom. The molecule has 0 unspecified atom stereocenters. The number of carbonyl (C=O) groups excluding carboxylic acids is 1.